The van der Waals surface area contributed by atoms with Gasteiger partial charge in [-0.15, -0.1) is 0 Å². The van der Waals surface area contributed by atoms with Crippen LogP contribution < -0.4 is 16.8 Å². The molecule has 0 fully saturated rings. The van der Waals surface area contributed by atoms with Gasteiger partial charge in [-0.05, 0) is 6.42 Å². The van der Waals surface area contributed by atoms with E-state index in [1.165, 1.54) is 0 Å². The van der Waals surface area contributed by atoms with E-state index in [-0.39, 0.29) is 6.42 Å². The van der Waals surface area contributed by atoms with E-state index in [0.717, 1.165) is 0 Å². The van der Waals surface area contributed by atoms with Gasteiger partial charge in [-0.25, -0.2) is 4.79 Å². The van der Waals surface area contributed by atoms with Crippen LogP contribution in [0.5, 0.6) is 0 Å². The molecule has 0 bridgehead atoms. The maximum absolute atomic E-state index is 11.4. The Morgan fingerprint density at radius 1 is 1.38 bits per heavy atom. The van der Waals surface area contributed by atoms with Crippen LogP contribution in [0.15, 0.2) is 0 Å². The Kier molecular flexibility index (Phi) is 6.09. The van der Waals surface area contributed by atoms with Gasteiger partial charge in [-0.3, -0.25) is 9.59 Å². The number of aliphatic carboxylic acids is 1. The SMILES string of the molecule is CCCC(NC(=O)C(N)CC(N)=O)C(=O)O. The highest BCUT2D eigenvalue weighted by atomic mass is 16.4. The number of carboxylic acid groups (broad SMARTS) is 1. The van der Waals surface area contributed by atoms with Gasteiger partial charge in [-0.2, -0.15) is 0 Å². The summed E-state index contributed by atoms with van der Waals surface area (Å²) in [7, 11) is 0. The summed E-state index contributed by atoms with van der Waals surface area (Å²) in [6.45, 7) is 1.80. The lowest BCUT2D eigenvalue weighted by molar-refractivity contribution is -0.142. The van der Waals surface area contributed by atoms with Gasteiger partial charge in [-0.1, -0.05) is 13.3 Å². The number of nitrogens with one attached hydrogen (secondary N) is 1. The van der Waals surface area contributed by atoms with Crippen molar-refractivity contribution >= 4 is 17.8 Å². The number of carbonyl (C=O) groups is 3. The number of hydrogen-bond acceptors (Lipinski definition) is 4. The molecule has 6 N–H and O–H groups in total. The summed E-state index contributed by atoms with van der Waals surface area (Å²) < 4.78 is 0. The van der Waals surface area contributed by atoms with Gasteiger partial charge in [0.25, 0.3) is 0 Å². The van der Waals surface area contributed by atoms with Gasteiger partial charge in [0.05, 0.1) is 12.5 Å². The van der Waals surface area contributed by atoms with E-state index >= 15 is 0 Å². The highest BCUT2D eigenvalue weighted by molar-refractivity contribution is 5.90. The number of hydrogen-bond donors (Lipinski definition) is 4. The first-order valence-electron chi connectivity index (χ1n) is 4.95. The Labute approximate surface area is 93.2 Å². The molecule has 0 aromatic carbocycles. The number of rotatable bonds is 7. The van der Waals surface area contributed by atoms with Gasteiger partial charge < -0.3 is 21.9 Å². The summed E-state index contributed by atoms with van der Waals surface area (Å²) in [6, 6.07) is -2.08. The van der Waals surface area contributed by atoms with Crippen LogP contribution in [-0.4, -0.2) is 35.0 Å². The Morgan fingerprint density at radius 2 is 1.94 bits per heavy atom. The third-order valence-corrected chi connectivity index (χ3v) is 1.95. The van der Waals surface area contributed by atoms with E-state index in [2.05, 4.69) is 5.32 Å². The summed E-state index contributed by atoms with van der Waals surface area (Å²) in [5.74, 6) is -2.51. The topological polar surface area (TPSA) is 136 Å². The monoisotopic (exact) mass is 231 g/mol. The number of carbonyl (C=O) groups excluding carboxylic acids is 2. The zero-order valence-corrected chi connectivity index (χ0v) is 9.10. The number of carboxylic acids is 1. The molecule has 0 saturated heterocycles. The van der Waals surface area contributed by atoms with Crippen LogP contribution >= 0.6 is 0 Å². The average molecular weight is 231 g/mol. The van der Waals surface area contributed by atoms with E-state index in [4.69, 9.17) is 16.6 Å². The zero-order valence-electron chi connectivity index (χ0n) is 9.10. The van der Waals surface area contributed by atoms with Gasteiger partial charge in [0.15, 0.2) is 0 Å². The van der Waals surface area contributed by atoms with E-state index in [0.29, 0.717) is 12.8 Å². The van der Waals surface area contributed by atoms with E-state index in [9.17, 15) is 14.4 Å². The van der Waals surface area contributed by atoms with Gasteiger partial charge in [0, 0.05) is 0 Å². The van der Waals surface area contributed by atoms with Crippen LogP contribution in [0.1, 0.15) is 26.2 Å². The summed E-state index contributed by atoms with van der Waals surface area (Å²) >= 11 is 0. The zero-order chi connectivity index (χ0) is 12.7. The Balaban J connectivity index is 4.28. The molecule has 7 nitrogen and oxygen atoms in total. The molecule has 2 atom stereocenters. The van der Waals surface area contributed by atoms with Crippen molar-refractivity contribution in [2.75, 3.05) is 0 Å². The van der Waals surface area contributed by atoms with Crippen LogP contribution in [0.3, 0.4) is 0 Å². The summed E-state index contributed by atoms with van der Waals surface area (Å²) in [6.07, 6.45) is 0.622. The molecule has 0 aliphatic rings. The first-order valence-corrected chi connectivity index (χ1v) is 4.95. The smallest absolute Gasteiger partial charge is 0.326 e. The van der Waals surface area contributed by atoms with Crippen molar-refractivity contribution in [3.8, 4) is 0 Å². The molecule has 0 spiro atoms. The summed E-state index contributed by atoms with van der Waals surface area (Å²) in [5.41, 5.74) is 10.2. The Hall–Kier alpha value is -1.63. The second kappa shape index (κ2) is 6.78. The molecule has 0 rings (SSSR count). The molecular formula is C9H17N3O4. The third kappa shape index (κ3) is 5.30. The van der Waals surface area contributed by atoms with Crippen molar-refractivity contribution in [2.24, 2.45) is 11.5 Å². The predicted molar refractivity (Wildman–Crippen MR) is 56.3 cm³/mol. The molecule has 92 valence electrons. The van der Waals surface area contributed by atoms with Crippen molar-refractivity contribution < 1.29 is 19.5 Å². The molecule has 0 aromatic rings. The molecule has 2 unspecified atom stereocenters. The quantitative estimate of drug-likeness (QED) is 0.425. The molecule has 16 heavy (non-hydrogen) atoms. The minimum atomic E-state index is -1.12. The minimum absolute atomic E-state index is 0.301. The molecule has 7 heteroatoms. The van der Waals surface area contributed by atoms with Gasteiger partial charge >= 0.3 is 5.97 Å². The molecule has 0 heterocycles. The van der Waals surface area contributed by atoms with Crippen LogP contribution in [0.25, 0.3) is 0 Å². The standard InChI is InChI=1S/C9H17N3O4/c1-2-3-6(9(15)16)12-8(14)5(10)4-7(11)13/h5-6H,2-4,10H2,1H3,(H2,11,13)(H,12,14)(H,15,16). The lowest BCUT2D eigenvalue weighted by Crippen LogP contribution is -2.49. The first-order chi connectivity index (χ1) is 7.38. The fraction of sp³-hybridized carbons (Fsp3) is 0.667. The lowest BCUT2D eigenvalue weighted by atomic mass is 10.1. The van der Waals surface area contributed by atoms with Crippen molar-refractivity contribution in [1.29, 1.82) is 0 Å². The molecule has 0 radical (unpaired) electrons. The van der Waals surface area contributed by atoms with Crippen LogP contribution in [0.2, 0.25) is 0 Å². The Morgan fingerprint density at radius 3 is 2.31 bits per heavy atom. The van der Waals surface area contributed by atoms with Gasteiger partial charge in [0.1, 0.15) is 6.04 Å². The summed E-state index contributed by atoms with van der Waals surface area (Å²) in [4.78, 5) is 32.6. The molecule has 0 aliphatic carbocycles. The van der Waals surface area contributed by atoms with Gasteiger partial charge in [0.2, 0.25) is 11.8 Å². The largest absolute Gasteiger partial charge is 0.480 e. The highest BCUT2D eigenvalue weighted by Crippen LogP contribution is 1.98. The van der Waals surface area contributed by atoms with Crippen molar-refractivity contribution in [2.45, 2.75) is 38.3 Å². The average Bonchev–Trinajstić information content (AvgIpc) is 2.15. The van der Waals surface area contributed by atoms with Crippen molar-refractivity contribution in [1.82, 2.24) is 5.32 Å². The molecule has 0 aromatic heterocycles. The molecule has 2 amide bonds. The van der Waals surface area contributed by atoms with E-state index < -0.39 is 29.9 Å². The van der Waals surface area contributed by atoms with E-state index in [1.807, 2.05) is 0 Å². The van der Waals surface area contributed by atoms with Crippen molar-refractivity contribution in [3.05, 3.63) is 0 Å². The predicted octanol–water partition coefficient (Wildman–Crippen LogP) is -1.44. The molecule has 0 aliphatic heterocycles. The number of primary amides is 1. The maximum Gasteiger partial charge on any atom is 0.326 e. The van der Waals surface area contributed by atoms with Crippen LogP contribution in [-0.2, 0) is 14.4 Å². The normalized spacial score (nSPS) is 13.9. The third-order valence-electron chi connectivity index (χ3n) is 1.95. The second-order valence-electron chi connectivity index (χ2n) is 3.47. The first kappa shape index (κ1) is 14.4. The van der Waals surface area contributed by atoms with Crippen LogP contribution in [0.4, 0.5) is 0 Å². The highest BCUT2D eigenvalue weighted by Gasteiger charge is 2.23. The lowest BCUT2D eigenvalue weighted by Gasteiger charge is -2.16. The molecule has 0 saturated carbocycles. The second-order valence-corrected chi connectivity index (χ2v) is 3.47. The maximum atomic E-state index is 11.4. The fourth-order valence-corrected chi connectivity index (χ4v) is 1.13. The Bertz CT molecular complexity index is 280. The van der Waals surface area contributed by atoms with E-state index in [1.54, 1.807) is 6.92 Å². The fourth-order valence-electron chi connectivity index (χ4n) is 1.13. The summed E-state index contributed by atoms with van der Waals surface area (Å²) in [5, 5.41) is 11.0. The minimum Gasteiger partial charge on any atom is -0.480 e. The van der Waals surface area contributed by atoms with Crippen LogP contribution in [0, 0.1) is 0 Å². The molecular weight excluding hydrogens is 214 g/mol. The number of nitrogens with two attached hydrogens (primary N) is 2. The van der Waals surface area contributed by atoms with Crippen molar-refractivity contribution in [3.63, 3.8) is 0 Å². The number of amides is 2.